The van der Waals surface area contributed by atoms with E-state index < -0.39 is 23.7 Å². The molecule has 0 N–H and O–H groups in total. The molecule has 0 aliphatic carbocycles. The van der Waals surface area contributed by atoms with Gasteiger partial charge in [-0.25, -0.2) is 9.97 Å². The Kier molecular flexibility index (Phi) is 4.37. The van der Waals surface area contributed by atoms with Crippen molar-refractivity contribution >= 4 is 22.9 Å². The minimum Gasteiger partial charge on any atom is -0.336 e. The second-order valence-electron chi connectivity index (χ2n) is 6.34. The van der Waals surface area contributed by atoms with Gasteiger partial charge in [0, 0.05) is 30.6 Å². The number of hydrogen-bond acceptors (Lipinski definition) is 4. The van der Waals surface area contributed by atoms with Crippen LogP contribution in [-0.4, -0.2) is 38.3 Å². The number of carbonyl (C=O) groups is 1. The average Bonchev–Trinajstić information content (AvgIpc) is 3.27. The molecule has 1 amide bonds. The van der Waals surface area contributed by atoms with Gasteiger partial charge in [-0.3, -0.25) is 9.20 Å². The van der Waals surface area contributed by atoms with E-state index in [-0.39, 0.29) is 18.2 Å². The van der Waals surface area contributed by atoms with Crippen LogP contribution in [0.4, 0.5) is 17.6 Å². The summed E-state index contributed by atoms with van der Waals surface area (Å²) in [7, 11) is 0. The molecule has 1 fully saturated rings. The van der Waals surface area contributed by atoms with E-state index in [9.17, 15) is 22.4 Å². The Bertz CT molecular complexity index is 996. The quantitative estimate of drug-likeness (QED) is 0.614. The maximum Gasteiger partial charge on any atom is 0.434 e. The minimum absolute atomic E-state index is 0.191. The highest BCUT2D eigenvalue weighted by atomic mass is 32.1. The molecular weight excluding hydrogens is 384 g/mol. The maximum absolute atomic E-state index is 14.5. The second-order valence-corrected chi connectivity index (χ2v) is 7.23. The van der Waals surface area contributed by atoms with Gasteiger partial charge in [0.2, 0.25) is 5.95 Å². The third kappa shape index (κ3) is 3.29. The fourth-order valence-electron chi connectivity index (χ4n) is 3.22. The maximum atomic E-state index is 14.5. The number of nitrogens with zero attached hydrogens (tertiary/aromatic N) is 4. The Morgan fingerprint density at radius 2 is 2.07 bits per heavy atom. The normalized spacial score (nSPS) is 18.2. The smallest absolute Gasteiger partial charge is 0.336 e. The van der Waals surface area contributed by atoms with E-state index in [0.717, 1.165) is 16.7 Å². The first-order valence-electron chi connectivity index (χ1n) is 8.29. The van der Waals surface area contributed by atoms with Gasteiger partial charge < -0.3 is 4.90 Å². The molecule has 10 heteroatoms. The Labute approximate surface area is 155 Å². The van der Waals surface area contributed by atoms with Gasteiger partial charge in [-0.05, 0) is 25.0 Å². The molecule has 3 aromatic rings. The largest absolute Gasteiger partial charge is 0.434 e. The SMILES string of the molecule is O=C(c1nc2ccccn2c1F)N1CCCC(c2nc(C(F)(F)F)cs2)C1. The lowest BCUT2D eigenvalue weighted by Crippen LogP contribution is -2.39. The fourth-order valence-corrected chi connectivity index (χ4v) is 4.17. The number of carbonyl (C=O) groups excluding carboxylic acids is 1. The number of hydrogen-bond donors (Lipinski definition) is 0. The van der Waals surface area contributed by atoms with Gasteiger partial charge in [0.1, 0.15) is 5.65 Å². The van der Waals surface area contributed by atoms with Gasteiger partial charge in [0.15, 0.2) is 11.4 Å². The highest BCUT2D eigenvalue weighted by molar-refractivity contribution is 7.09. The minimum atomic E-state index is -4.49. The number of fused-ring (bicyclic) bond motifs is 1. The third-order valence-corrected chi connectivity index (χ3v) is 5.55. The zero-order valence-corrected chi connectivity index (χ0v) is 14.7. The summed E-state index contributed by atoms with van der Waals surface area (Å²) < 4.78 is 54.0. The first-order chi connectivity index (χ1) is 12.8. The van der Waals surface area contributed by atoms with Gasteiger partial charge in [0.25, 0.3) is 5.91 Å². The van der Waals surface area contributed by atoms with E-state index in [0.29, 0.717) is 30.0 Å². The summed E-state index contributed by atoms with van der Waals surface area (Å²) in [4.78, 5) is 21.9. The van der Waals surface area contributed by atoms with Gasteiger partial charge in [0.05, 0.1) is 5.01 Å². The van der Waals surface area contributed by atoms with Crippen LogP contribution in [-0.2, 0) is 6.18 Å². The first-order valence-corrected chi connectivity index (χ1v) is 9.17. The molecule has 1 saturated heterocycles. The van der Waals surface area contributed by atoms with Crippen LogP contribution in [0, 0.1) is 5.95 Å². The lowest BCUT2D eigenvalue weighted by molar-refractivity contribution is -0.140. The van der Waals surface area contributed by atoms with Gasteiger partial charge in [-0.2, -0.15) is 17.6 Å². The van der Waals surface area contributed by atoms with E-state index in [4.69, 9.17) is 0 Å². The number of likely N-dealkylation sites (tertiary alicyclic amines) is 1. The molecular formula is C17H14F4N4OS. The topological polar surface area (TPSA) is 50.5 Å². The van der Waals surface area contributed by atoms with Crippen molar-refractivity contribution in [3.63, 3.8) is 0 Å². The van der Waals surface area contributed by atoms with Crippen molar-refractivity contribution in [3.05, 3.63) is 52.1 Å². The molecule has 0 saturated carbocycles. The van der Waals surface area contributed by atoms with Gasteiger partial charge in [-0.1, -0.05) is 6.07 Å². The van der Waals surface area contributed by atoms with Crippen LogP contribution in [0.5, 0.6) is 0 Å². The van der Waals surface area contributed by atoms with E-state index in [1.165, 1.54) is 15.5 Å². The van der Waals surface area contributed by atoms with Crippen molar-refractivity contribution < 1.29 is 22.4 Å². The highest BCUT2D eigenvalue weighted by Crippen LogP contribution is 2.35. The number of aromatic nitrogens is 3. The lowest BCUT2D eigenvalue weighted by atomic mass is 9.98. The molecule has 27 heavy (non-hydrogen) atoms. The number of thiazole rings is 1. The Hall–Kier alpha value is -2.49. The molecule has 0 spiro atoms. The van der Waals surface area contributed by atoms with Crippen molar-refractivity contribution in [1.29, 1.82) is 0 Å². The summed E-state index contributed by atoms with van der Waals surface area (Å²) in [6.07, 6.45) is -1.78. The van der Waals surface area contributed by atoms with Crippen molar-refractivity contribution in [2.75, 3.05) is 13.1 Å². The average molecular weight is 398 g/mol. The van der Waals surface area contributed by atoms with Gasteiger partial charge >= 0.3 is 6.18 Å². The molecule has 1 atom stereocenters. The summed E-state index contributed by atoms with van der Waals surface area (Å²) >= 11 is 0.937. The summed E-state index contributed by atoms with van der Waals surface area (Å²) in [6, 6.07) is 4.91. The predicted octanol–water partition coefficient (Wildman–Crippen LogP) is 3.97. The zero-order chi connectivity index (χ0) is 19.2. The number of halogens is 4. The molecule has 3 aromatic heterocycles. The van der Waals surface area contributed by atoms with E-state index >= 15 is 0 Å². The van der Waals surface area contributed by atoms with Crippen molar-refractivity contribution in [1.82, 2.24) is 19.3 Å². The van der Waals surface area contributed by atoms with Crippen LogP contribution in [0.25, 0.3) is 5.65 Å². The van der Waals surface area contributed by atoms with Crippen molar-refractivity contribution in [2.45, 2.75) is 24.9 Å². The number of imidazole rings is 1. The second kappa shape index (κ2) is 6.59. The molecule has 142 valence electrons. The number of rotatable bonds is 2. The van der Waals surface area contributed by atoms with Crippen molar-refractivity contribution in [2.24, 2.45) is 0 Å². The highest BCUT2D eigenvalue weighted by Gasteiger charge is 2.36. The van der Waals surface area contributed by atoms with Crippen LogP contribution in [0.1, 0.15) is 39.9 Å². The number of pyridine rings is 1. The van der Waals surface area contributed by atoms with Crippen LogP contribution in [0.15, 0.2) is 29.8 Å². The third-order valence-electron chi connectivity index (χ3n) is 4.54. The van der Waals surface area contributed by atoms with Crippen molar-refractivity contribution in [3.8, 4) is 0 Å². The standard InChI is InChI=1S/C17H14F4N4OS/c18-14-13(23-12-5-1-2-7-25(12)14)16(26)24-6-3-4-10(8-24)15-22-11(9-27-15)17(19,20)21/h1-2,5,7,9-10H,3-4,6,8H2. The number of amides is 1. The van der Waals surface area contributed by atoms with E-state index in [1.54, 1.807) is 18.2 Å². The molecule has 0 aromatic carbocycles. The fraction of sp³-hybridized carbons (Fsp3) is 0.353. The predicted molar refractivity (Wildman–Crippen MR) is 90.1 cm³/mol. The zero-order valence-electron chi connectivity index (χ0n) is 13.9. The monoisotopic (exact) mass is 398 g/mol. The Morgan fingerprint density at radius 1 is 1.26 bits per heavy atom. The molecule has 0 bridgehead atoms. The van der Waals surface area contributed by atoms with Crippen LogP contribution in [0.2, 0.25) is 0 Å². The molecule has 1 aliphatic heterocycles. The first kappa shape index (κ1) is 17.9. The molecule has 1 unspecified atom stereocenters. The molecule has 4 heterocycles. The molecule has 4 rings (SSSR count). The molecule has 0 radical (unpaired) electrons. The summed E-state index contributed by atoms with van der Waals surface area (Å²) in [5.41, 5.74) is -0.879. The number of alkyl halides is 3. The van der Waals surface area contributed by atoms with Crippen LogP contribution >= 0.6 is 11.3 Å². The Morgan fingerprint density at radius 3 is 2.78 bits per heavy atom. The lowest BCUT2D eigenvalue weighted by Gasteiger charge is -2.31. The van der Waals surface area contributed by atoms with Crippen LogP contribution in [0.3, 0.4) is 0 Å². The molecule has 1 aliphatic rings. The number of piperidine rings is 1. The van der Waals surface area contributed by atoms with Crippen LogP contribution < -0.4 is 0 Å². The summed E-state index contributed by atoms with van der Waals surface area (Å²) in [5.74, 6) is -1.61. The summed E-state index contributed by atoms with van der Waals surface area (Å²) in [5, 5.41) is 1.33. The van der Waals surface area contributed by atoms with E-state index in [2.05, 4.69) is 9.97 Å². The Balaban J connectivity index is 1.56. The molecule has 5 nitrogen and oxygen atoms in total. The van der Waals surface area contributed by atoms with E-state index in [1.807, 2.05) is 0 Å². The van der Waals surface area contributed by atoms with Gasteiger partial charge in [-0.15, -0.1) is 11.3 Å². The summed E-state index contributed by atoms with van der Waals surface area (Å²) in [6.45, 7) is 0.594.